The van der Waals surface area contributed by atoms with Gasteiger partial charge in [-0.1, -0.05) is 12.1 Å². The molecule has 4 heterocycles. The van der Waals surface area contributed by atoms with E-state index in [9.17, 15) is 9.59 Å². The maximum atomic E-state index is 12.8. The van der Waals surface area contributed by atoms with Crippen molar-refractivity contribution in [2.24, 2.45) is 5.92 Å². The van der Waals surface area contributed by atoms with E-state index in [-0.39, 0.29) is 30.3 Å². The molecule has 1 aromatic heterocycles. The highest BCUT2D eigenvalue weighted by Crippen LogP contribution is 2.30. The van der Waals surface area contributed by atoms with E-state index in [0.29, 0.717) is 13.1 Å². The second-order valence-corrected chi connectivity index (χ2v) is 7.43. The highest BCUT2D eigenvalue weighted by molar-refractivity contribution is 5.87. The molecule has 26 heavy (non-hydrogen) atoms. The third kappa shape index (κ3) is 3.05. The number of carbonyl (C=O) groups is 2. The van der Waals surface area contributed by atoms with Gasteiger partial charge in [0, 0.05) is 39.8 Å². The molecule has 2 atom stereocenters. The largest absolute Gasteiger partial charge is 0.347 e. The number of amides is 2. The number of rotatable bonds is 4. The molecule has 3 aliphatic rings. The summed E-state index contributed by atoms with van der Waals surface area (Å²) < 4.78 is 4.85. The Hall–Kier alpha value is -2.48. The molecule has 3 fully saturated rings. The molecule has 3 saturated heterocycles. The van der Waals surface area contributed by atoms with E-state index in [1.807, 2.05) is 18.2 Å². The fourth-order valence-electron chi connectivity index (χ4n) is 3.98. The maximum Gasteiger partial charge on any atom is 0.241 e. The van der Waals surface area contributed by atoms with E-state index < -0.39 is 0 Å². The van der Waals surface area contributed by atoms with Gasteiger partial charge in [0.1, 0.15) is 17.6 Å². The van der Waals surface area contributed by atoms with Crippen molar-refractivity contribution in [2.45, 2.75) is 25.4 Å². The third-order valence-corrected chi connectivity index (χ3v) is 5.44. The number of piperidine rings is 1. The summed E-state index contributed by atoms with van der Waals surface area (Å²) in [7, 11) is 3.45. The van der Waals surface area contributed by atoms with Crippen LogP contribution in [0.4, 0.5) is 0 Å². The van der Waals surface area contributed by atoms with Crippen molar-refractivity contribution in [3.05, 3.63) is 23.8 Å². The van der Waals surface area contributed by atoms with E-state index in [2.05, 4.69) is 15.2 Å². The Kier molecular flexibility index (Phi) is 4.36. The van der Waals surface area contributed by atoms with Crippen LogP contribution in [0.3, 0.4) is 0 Å². The molecular weight excluding hydrogens is 334 g/mol. The first-order valence-corrected chi connectivity index (χ1v) is 8.96. The minimum absolute atomic E-state index is 0.0316. The minimum atomic E-state index is -0.0432. The summed E-state index contributed by atoms with van der Waals surface area (Å²) in [5.41, 5.74) is 2.57. The number of fused-ring (bicyclic) bond motifs is 5. The van der Waals surface area contributed by atoms with Crippen LogP contribution in [-0.2, 0) is 16.1 Å². The summed E-state index contributed by atoms with van der Waals surface area (Å²) in [6, 6.07) is 5.93. The Bertz CT molecular complexity index is 833. The van der Waals surface area contributed by atoms with Gasteiger partial charge in [0.05, 0.1) is 5.92 Å². The molecule has 5 rings (SSSR count). The highest BCUT2D eigenvalue weighted by atomic mass is 16.6. The van der Waals surface area contributed by atoms with Crippen molar-refractivity contribution in [3.8, 4) is 0 Å². The molecule has 3 aliphatic heterocycles. The standard InChI is InChI=1S/C18H23N5O3/c1-21(2)16(24)11-23-14-7-6-13(18(23)25)9-22(10-14)8-12-4-3-5-15-17(12)20-26-19-15/h3-5,13-14H,6-11H2,1-2H3/t13-,14+/m1/s1. The minimum Gasteiger partial charge on any atom is -0.347 e. The molecule has 0 saturated carbocycles. The van der Waals surface area contributed by atoms with Crippen molar-refractivity contribution in [3.63, 3.8) is 0 Å². The molecule has 2 bridgehead atoms. The van der Waals surface area contributed by atoms with Crippen LogP contribution in [0.2, 0.25) is 0 Å². The van der Waals surface area contributed by atoms with Gasteiger partial charge in [-0.2, -0.15) is 0 Å². The van der Waals surface area contributed by atoms with E-state index in [1.54, 1.807) is 23.9 Å². The zero-order valence-electron chi connectivity index (χ0n) is 15.1. The topological polar surface area (TPSA) is 82.8 Å². The lowest BCUT2D eigenvalue weighted by Crippen LogP contribution is -2.51. The molecule has 1 aromatic carbocycles. The lowest BCUT2D eigenvalue weighted by atomic mass is 9.94. The van der Waals surface area contributed by atoms with Crippen molar-refractivity contribution in [2.75, 3.05) is 33.7 Å². The van der Waals surface area contributed by atoms with Crippen molar-refractivity contribution in [1.29, 1.82) is 0 Å². The van der Waals surface area contributed by atoms with Gasteiger partial charge in [0.15, 0.2) is 0 Å². The quantitative estimate of drug-likeness (QED) is 0.802. The number of carbonyl (C=O) groups excluding carboxylic acids is 2. The fraction of sp³-hybridized carbons (Fsp3) is 0.556. The summed E-state index contributed by atoms with van der Waals surface area (Å²) in [4.78, 5) is 30.6. The number of nitrogens with zero attached hydrogens (tertiary/aromatic N) is 5. The first kappa shape index (κ1) is 17.0. The van der Waals surface area contributed by atoms with E-state index in [1.165, 1.54) is 0 Å². The second-order valence-electron chi connectivity index (χ2n) is 7.43. The van der Waals surface area contributed by atoms with Gasteiger partial charge in [-0.25, -0.2) is 4.63 Å². The lowest BCUT2D eigenvalue weighted by molar-refractivity contribution is -0.145. The Morgan fingerprint density at radius 3 is 2.92 bits per heavy atom. The van der Waals surface area contributed by atoms with Gasteiger partial charge < -0.3 is 9.80 Å². The normalized spacial score (nSPS) is 23.5. The summed E-state index contributed by atoms with van der Waals surface area (Å²) in [5, 5.41) is 7.91. The first-order valence-electron chi connectivity index (χ1n) is 8.96. The number of hydrogen-bond acceptors (Lipinski definition) is 6. The predicted octanol–water partition coefficient (Wildman–Crippen LogP) is 0.734. The van der Waals surface area contributed by atoms with E-state index >= 15 is 0 Å². The molecule has 8 nitrogen and oxygen atoms in total. The Labute approximate surface area is 151 Å². The van der Waals surface area contributed by atoms with Crippen LogP contribution >= 0.6 is 0 Å². The molecule has 0 radical (unpaired) electrons. The van der Waals surface area contributed by atoms with Crippen LogP contribution < -0.4 is 0 Å². The smallest absolute Gasteiger partial charge is 0.241 e. The molecule has 0 spiro atoms. The zero-order chi connectivity index (χ0) is 18.3. The first-order chi connectivity index (χ1) is 12.5. The van der Waals surface area contributed by atoms with Crippen molar-refractivity contribution >= 4 is 22.8 Å². The average molecular weight is 357 g/mol. The summed E-state index contributed by atoms with van der Waals surface area (Å²) >= 11 is 0. The van der Waals surface area contributed by atoms with Gasteiger partial charge in [-0.3, -0.25) is 14.5 Å². The summed E-state index contributed by atoms with van der Waals surface area (Å²) in [6.07, 6.45) is 1.84. The number of benzene rings is 1. The van der Waals surface area contributed by atoms with Gasteiger partial charge in [-0.05, 0) is 34.8 Å². The molecule has 0 aliphatic carbocycles. The number of aromatic nitrogens is 2. The zero-order valence-corrected chi connectivity index (χ0v) is 15.1. The summed E-state index contributed by atoms with van der Waals surface area (Å²) in [5.74, 6) is 0.0366. The molecule has 0 N–H and O–H groups in total. The fourth-order valence-corrected chi connectivity index (χ4v) is 3.98. The average Bonchev–Trinajstić information content (AvgIpc) is 2.96. The molecule has 2 aromatic rings. The molecule has 8 heteroatoms. The predicted molar refractivity (Wildman–Crippen MR) is 94.0 cm³/mol. The number of hydrogen-bond donors (Lipinski definition) is 0. The van der Waals surface area contributed by atoms with Crippen molar-refractivity contribution in [1.82, 2.24) is 25.0 Å². The van der Waals surface area contributed by atoms with Crippen LogP contribution in [0.15, 0.2) is 22.8 Å². The van der Waals surface area contributed by atoms with E-state index in [0.717, 1.165) is 36.0 Å². The van der Waals surface area contributed by atoms with Crippen LogP contribution in [-0.4, -0.2) is 76.6 Å². The lowest BCUT2D eigenvalue weighted by Gasteiger charge is -2.36. The van der Waals surface area contributed by atoms with Gasteiger partial charge in [-0.15, -0.1) is 0 Å². The van der Waals surface area contributed by atoms with Gasteiger partial charge in [0.2, 0.25) is 11.8 Å². The molecular formula is C18H23N5O3. The van der Waals surface area contributed by atoms with Crippen LogP contribution in [0.5, 0.6) is 0 Å². The SMILES string of the molecule is CN(C)C(=O)CN1C(=O)[C@@H]2CC[C@H]1CN(Cc1cccc3nonc13)C2. The van der Waals surface area contributed by atoms with Crippen molar-refractivity contribution < 1.29 is 14.2 Å². The van der Waals surface area contributed by atoms with Crippen LogP contribution in [0.25, 0.3) is 11.0 Å². The van der Waals surface area contributed by atoms with Crippen LogP contribution in [0.1, 0.15) is 18.4 Å². The highest BCUT2D eigenvalue weighted by Gasteiger charge is 2.41. The molecule has 138 valence electrons. The van der Waals surface area contributed by atoms with Gasteiger partial charge >= 0.3 is 0 Å². The van der Waals surface area contributed by atoms with Gasteiger partial charge in [0.25, 0.3) is 0 Å². The Balaban J connectivity index is 1.53. The van der Waals surface area contributed by atoms with E-state index in [4.69, 9.17) is 4.63 Å². The monoisotopic (exact) mass is 357 g/mol. The third-order valence-electron chi connectivity index (χ3n) is 5.44. The maximum absolute atomic E-state index is 12.8. The molecule has 0 unspecified atom stereocenters. The Morgan fingerprint density at radius 2 is 2.12 bits per heavy atom. The Morgan fingerprint density at radius 1 is 1.27 bits per heavy atom. The summed E-state index contributed by atoms with van der Waals surface area (Å²) in [6.45, 7) is 2.35. The van der Waals surface area contributed by atoms with Crippen LogP contribution in [0, 0.1) is 5.92 Å². The second kappa shape index (κ2) is 6.68. The number of likely N-dealkylation sites (N-methyl/N-ethyl adjacent to an activating group) is 1. The molecule has 2 amide bonds.